The molecule has 132 valence electrons. The van der Waals surface area contributed by atoms with Gasteiger partial charge in [-0.3, -0.25) is 0 Å². The molecule has 3 N–H and O–H groups in total. The molecule has 0 aliphatic rings. The summed E-state index contributed by atoms with van der Waals surface area (Å²) in [5.74, 6) is 0.446. The zero-order valence-corrected chi connectivity index (χ0v) is 15.3. The van der Waals surface area contributed by atoms with E-state index in [1.165, 1.54) is 0 Å². The number of nitrogen functional groups attached to an aromatic ring is 1. The molecule has 0 saturated heterocycles. The van der Waals surface area contributed by atoms with E-state index in [9.17, 15) is 5.26 Å². The summed E-state index contributed by atoms with van der Waals surface area (Å²) >= 11 is 0. The number of nitriles is 2. The topological polar surface area (TPSA) is 111 Å². The molecule has 1 aromatic heterocycles. The monoisotopic (exact) mass is 354 g/mol. The van der Waals surface area contributed by atoms with Crippen LogP contribution in [0.5, 0.6) is 0 Å². The number of hydrogen-bond donors (Lipinski definition) is 2. The van der Waals surface area contributed by atoms with Crippen molar-refractivity contribution in [3.63, 3.8) is 0 Å². The van der Waals surface area contributed by atoms with Crippen molar-refractivity contribution in [2.75, 3.05) is 11.1 Å². The first-order valence-electron chi connectivity index (χ1n) is 8.35. The van der Waals surface area contributed by atoms with Crippen molar-refractivity contribution in [1.29, 1.82) is 10.5 Å². The highest BCUT2D eigenvalue weighted by Gasteiger charge is 2.16. The van der Waals surface area contributed by atoms with Gasteiger partial charge >= 0.3 is 0 Å². The van der Waals surface area contributed by atoms with Crippen molar-refractivity contribution in [3.05, 3.63) is 64.3 Å². The number of aryl methyl sites for hydroxylation is 2. The number of nitrogens with zero attached hydrogens (tertiary/aromatic N) is 4. The van der Waals surface area contributed by atoms with E-state index in [0.717, 1.165) is 33.6 Å². The van der Waals surface area contributed by atoms with Crippen LogP contribution in [0.15, 0.2) is 36.5 Å². The fourth-order valence-corrected chi connectivity index (χ4v) is 2.97. The smallest absolute Gasteiger partial charge is 0.227 e. The maximum Gasteiger partial charge on any atom is 0.227 e. The second-order valence-electron chi connectivity index (χ2n) is 6.31. The van der Waals surface area contributed by atoms with Crippen molar-refractivity contribution < 1.29 is 0 Å². The zero-order chi connectivity index (χ0) is 19.6. The van der Waals surface area contributed by atoms with Crippen LogP contribution in [0.1, 0.15) is 27.8 Å². The summed E-state index contributed by atoms with van der Waals surface area (Å²) in [7, 11) is 0. The van der Waals surface area contributed by atoms with Gasteiger partial charge in [-0.15, -0.1) is 0 Å². The summed E-state index contributed by atoms with van der Waals surface area (Å²) in [6, 6.07) is 13.1. The van der Waals surface area contributed by atoms with Gasteiger partial charge in [0.2, 0.25) is 5.95 Å². The Labute approximate surface area is 157 Å². The highest BCUT2D eigenvalue weighted by atomic mass is 15.1. The summed E-state index contributed by atoms with van der Waals surface area (Å²) in [5, 5.41) is 21.3. The van der Waals surface area contributed by atoms with Crippen LogP contribution in [0.25, 0.3) is 11.3 Å². The van der Waals surface area contributed by atoms with Gasteiger partial charge in [0.1, 0.15) is 6.07 Å². The molecule has 6 nitrogen and oxygen atoms in total. The predicted octanol–water partition coefficient (Wildman–Crippen LogP) is 4.14. The lowest BCUT2D eigenvalue weighted by atomic mass is 9.93. The minimum atomic E-state index is 0.446. The third kappa shape index (κ3) is 3.42. The Morgan fingerprint density at radius 3 is 2.33 bits per heavy atom. The average Bonchev–Trinajstić information content (AvgIpc) is 2.67. The third-order valence-corrected chi connectivity index (χ3v) is 4.42. The molecule has 6 heteroatoms. The molecule has 0 fully saturated rings. The predicted molar refractivity (Wildman–Crippen MR) is 105 cm³/mol. The molecule has 0 saturated carbocycles. The van der Waals surface area contributed by atoms with E-state index in [1.807, 2.05) is 20.8 Å². The van der Waals surface area contributed by atoms with Crippen molar-refractivity contribution in [1.82, 2.24) is 9.97 Å². The van der Waals surface area contributed by atoms with Gasteiger partial charge in [-0.25, -0.2) is 9.97 Å². The number of benzene rings is 2. The van der Waals surface area contributed by atoms with Crippen LogP contribution >= 0.6 is 0 Å². The van der Waals surface area contributed by atoms with E-state index >= 15 is 0 Å². The molecule has 3 aromatic rings. The summed E-state index contributed by atoms with van der Waals surface area (Å²) in [4.78, 5) is 9.02. The fraction of sp³-hybridized carbons (Fsp3) is 0.143. The number of hydrogen-bond acceptors (Lipinski definition) is 6. The Morgan fingerprint density at radius 1 is 1.00 bits per heavy atom. The molecule has 1 heterocycles. The fourth-order valence-electron chi connectivity index (χ4n) is 2.97. The number of aromatic nitrogens is 2. The average molecular weight is 354 g/mol. The molecule has 0 spiro atoms. The number of anilines is 3. The maximum atomic E-state index is 9.24. The molecule has 0 radical (unpaired) electrons. The molecule has 0 amide bonds. The second-order valence-corrected chi connectivity index (χ2v) is 6.31. The quantitative estimate of drug-likeness (QED) is 0.684. The number of nitrogens with two attached hydrogens (primary N) is 1. The minimum absolute atomic E-state index is 0.446. The van der Waals surface area contributed by atoms with Crippen LogP contribution in [0.4, 0.5) is 17.3 Å². The lowest BCUT2D eigenvalue weighted by Gasteiger charge is -2.16. The normalized spacial score (nSPS) is 10.1. The van der Waals surface area contributed by atoms with E-state index in [2.05, 4.69) is 27.4 Å². The summed E-state index contributed by atoms with van der Waals surface area (Å²) in [5.41, 5.74) is 12.8. The Kier molecular flexibility index (Phi) is 4.74. The number of rotatable bonds is 3. The molecule has 3 rings (SSSR count). The van der Waals surface area contributed by atoms with E-state index < -0.39 is 0 Å². The zero-order valence-electron chi connectivity index (χ0n) is 15.3. The van der Waals surface area contributed by atoms with E-state index in [-0.39, 0.29) is 0 Å². The summed E-state index contributed by atoms with van der Waals surface area (Å²) in [6.07, 6.45) is 1.75. The molecular formula is C21H18N6. The molecule has 0 bridgehead atoms. The molecule has 0 aliphatic heterocycles. The van der Waals surface area contributed by atoms with Gasteiger partial charge < -0.3 is 11.1 Å². The van der Waals surface area contributed by atoms with Gasteiger partial charge in [-0.05, 0) is 67.8 Å². The number of nitrogens with one attached hydrogen (secondary N) is 1. The summed E-state index contributed by atoms with van der Waals surface area (Å²) in [6.45, 7) is 5.78. The van der Waals surface area contributed by atoms with Crippen LogP contribution in [0.3, 0.4) is 0 Å². The highest BCUT2D eigenvalue weighted by molar-refractivity contribution is 5.79. The van der Waals surface area contributed by atoms with Crippen LogP contribution in [-0.2, 0) is 0 Å². The second kappa shape index (κ2) is 7.15. The van der Waals surface area contributed by atoms with Gasteiger partial charge in [0.05, 0.1) is 28.6 Å². The largest absolute Gasteiger partial charge is 0.397 e. The molecule has 2 aromatic carbocycles. The third-order valence-electron chi connectivity index (χ3n) is 4.42. The van der Waals surface area contributed by atoms with Crippen molar-refractivity contribution in [2.45, 2.75) is 20.8 Å². The van der Waals surface area contributed by atoms with Gasteiger partial charge in [-0.1, -0.05) is 0 Å². The van der Waals surface area contributed by atoms with Gasteiger partial charge in [0, 0.05) is 17.4 Å². The van der Waals surface area contributed by atoms with E-state index in [0.29, 0.717) is 22.8 Å². The maximum absolute atomic E-state index is 9.24. The van der Waals surface area contributed by atoms with Crippen molar-refractivity contribution in [2.24, 2.45) is 0 Å². The van der Waals surface area contributed by atoms with Crippen molar-refractivity contribution >= 4 is 17.3 Å². The Hall–Kier alpha value is -3.90. The SMILES string of the molecule is Cc1cnc(Nc2ccc(C#N)cc2)nc1-c1c(C)cc(C#N)c(N)c1C. The highest BCUT2D eigenvalue weighted by Crippen LogP contribution is 2.34. The van der Waals surface area contributed by atoms with Gasteiger partial charge in [-0.2, -0.15) is 10.5 Å². The lowest BCUT2D eigenvalue weighted by Crippen LogP contribution is -2.04. The van der Waals surface area contributed by atoms with Crippen LogP contribution in [-0.4, -0.2) is 9.97 Å². The van der Waals surface area contributed by atoms with Crippen LogP contribution in [0, 0.1) is 43.4 Å². The van der Waals surface area contributed by atoms with Crippen molar-refractivity contribution in [3.8, 4) is 23.4 Å². The van der Waals surface area contributed by atoms with Crippen LogP contribution in [0.2, 0.25) is 0 Å². The van der Waals surface area contributed by atoms with Gasteiger partial charge in [0.15, 0.2) is 0 Å². The molecule has 0 aliphatic carbocycles. The molecule has 0 atom stereocenters. The molecular weight excluding hydrogens is 336 g/mol. The standard InChI is InChI=1S/C21H18N6/c1-12-8-16(10-23)19(24)14(3)18(12)20-13(2)11-25-21(27-20)26-17-6-4-15(9-22)5-7-17/h4-8,11H,24H2,1-3H3,(H,25,26,27). The lowest BCUT2D eigenvalue weighted by molar-refractivity contribution is 1.13. The first-order valence-corrected chi connectivity index (χ1v) is 8.35. The van der Waals surface area contributed by atoms with E-state index in [1.54, 1.807) is 36.5 Å². The summed E-state index contributed by atoms with van der Waals surface area (Å²) < 4.78 is 0. The Balaban J connectivity index is 2.05. The first kappa shape index (κ1) is 17.9. The molecule has 0 unspecified atom stereocenters. The van der Waals surface area contributed by atoms with Crippen LogP contribution < -0.4 is 11.1 Å². The van der Waals surface area contributed by atoms with Gasteiger partial charge in [0.25, 0.3) is 0 Å². The first-order chi connectivity index (χ1) is 12.9. The van der Waals surface area contributed by atoms with E-state index in [4.69, 9.17) is 11.0 Å². The molecule has 27 heavy (non-hydrogen) atoms. The minimum Gasteiger partial charge on any atom is -0.397 e. The Morgan fingerprint density at radius 2 is 1.70 bits per heavy atom. The Bertz CT molecular complexity index is 1100.